The molecule has 0 amide bonds. The van der Waals surface area contributed by atoms with E-state index in [0.717, 1.165) is 0 Å². The summed E-state index contributed by atoms with van der Waals surface area (Å²) in [5.74, 6) is -1.28. The third-order valence-corrected chi connectivity index (χ3v) is 4.46. The summed E-state index contributed by atoms with van der Waals surface area (Å²) < 4.78 is 32.4. The van der Waals surface area contributed by atoms with Gasteiger partial charge in [-0.3, -0.25) is 9.71 Å². The first-order valence-corrected chi connectivity index (χ1v) is 7.50. The second-order valence-corrected chi connectivity index (χ2v) is 6.08. The predicted molar refractivity (Wildman–Crippen MR) is 74.9 cm³/mol. The second-order valence-electron chi connectivity index (χ2n) is 4.47. The molecule has 0 bridgehead atoms. The van der Waals surface area contributed by atoms with E-state index in [0.29, 0.717) is 5.69 Å². The van der Waals surface area contributed by atoms with Crippen LogP contribution in [0, 0.1) is 20.8 Å². The number of aryl methyl sites for hydroxylation is 3. The van der Waals surface area contributed by atoms with Crippen LogP contribution >= 0.6 is 0 Å². The molecular formula is C13H14N2O5S. The van der Waals surface area contributed by atoms with Crippen molar-refractivity contribution in [3.63, 3.8) is 0 Å². The molecule has 0 atom stereocenters. The number of carboxylic acids is 1. The normalized spacial score (nSPS) is 11.4. The molecule has 2 heterocycles. The molecule has 0 aliphatic rings. The van der Waals surface area contributed by atoms with Gasteiger partial charge in [0, 0.05) is 6.20 Å². The molecule has 2 aromatic heterocycles. The Morgan fingerprint density at radius 3 is 2.52 bits per heavy atom. The van der Waals surface area contributed by atoms with Gasteiger partial charge >= 0.3 is 5.97 Å². The Hall–Kier alpha value is -2.35. The zero-order valence-electron chi connectivity index (χ0n) is 11.7. The summed E-state index contributed by atoms with van der Waals surface area (Å²) in [6.45, 7) is 4.46. The molecule has 7 nitrogen and oxygen atoms in total. The van der Waals surface area contributed by atoms with Crippen molar-refractivity contribution in [2.24, 2.45) is 0 Å². The summed E-state index contributed by atoms with van der Waals surface area (Å²) in [4.78, 5) is 14.9. The Balaban J connectivity index is 2.56. The molecule has 0 saturated carbocycles. The molecule has 112 valence electrons. The van der Waals surface area contributed by atoms with Gasteiger partial charge in [-0.2, -0.15) is 0 Å². The minimum Gasteiger partial charge on any atom is -0.478 e. The molecule has 8 heteroatoms. The summed E-state index contributed by atoms with van der Waals surface area (Å²) >= 11 is 0. The molecule has 0 aromatic carbocycles. The first-order chi connectivity index (χ1) is 9.74. The fourth-order valence-corrected chi connectivity index (χ4v) is 3.55. The van der Waals surface area contributed by atoms with E-state index in [1.165, 1.54) is 20.0 Å². The van der Waals surface area contributed by atoms with Crippen LogP contribution in [0.4, 0.5) is 5.69 Å². The monoisotopic (exact) mass is 310 g/mol. The van der Waals surface area contributed by atoms with Crippen LogP contribution in [0.15, 0.2) is 27.6 Å². The molecule has 0 fully saturated rings. The van der Waals surface area contributed by atoms with Crippen LogP contribution in [0.25, 0.3) is 0 Å². The van der Waals surface area contributed by atoms with Crippen molar-refractivity contribution in [2.75, 3.05) is 4.72 Å². The highest BCUT2D eigenvalue weighted by atomic mass is 32.2. The van der Waals surface area contributed by atoms with Crippen molar-refractivity contribution < 1.29 is 22.7 Å². The number of pyridine rings is 1. The quantitative estimate of drug-likeness (QED) is 0.895. The van der Waals surface area contributed by atoms with Crippen molar-refractivity contribution in [1.29, 1.82) is 0 Å². The first kappa shape index (κ1) is 15.0. The maximum absolute atomic E-state index is 12.5. The number of aromatic carboxylic acids is 1. The van der Waals surface area contributed by atoms with Crippen molar-refractivity contribution in [1.82, 2.24) is 4.98 Å². The van der Waals surface area contributed by atoms with E-state index in [-0.39, 0.29) is 27.7 Å². The van der Waals surface area contributed by atoms with Crippen molar-refractivity contribution in [3.8, 4) is 0 Å². The van der Waals surface area contributed by atoms with E-state index >= 15 is 0 Å². The topological polar surface area (TPSA) is 110 Å². The fourth-order valence-electron chi connectivity index (χ4n) is 2.02. The van der Waals surface area contributed by atoms with Crippen LogP contribution in [0.1, 0.15) is 27.6 Å². The largest absolute Gasteiger partial charge is 0.478 e. The highest BCUT2D eigenvalue weighted by molar-refractivity contribution is 7.92. The maximum Gasteiger partial charge on any atom is 0.340 e. The Labute approximate surface area is 121 Å². The molecule has 0 aliphatic heterocycles. The van der Waals surface area contributed by atoms with E-state index in [1.807, 2.05) is 0 Å². The summed E-state index contributed by atoms with van der Waals surface area (Å²) in [6.07, 6.45) is 1.53. The maximum atomic E-state index is 12.5. The van der Waals surface area contributed by atoms with E-state index in [1.54, 1.807) is 19.1 Å². The summed E-state index contributed by atoms with van der Waals surface area (Å²) in [6, 6.07) is 3.12. The van der Waals surface area contributed by atoms with Gasteiger partial charge in [-0.25, -0.2) is 13.2 Å². The molecule has 2 rings (SSSR count). The number of nitrogens with zero attached hydrogens (tertiary/aromatic N) is 1. The molecule has 0 radical (unpaired) electrons. The smallest absolute Gasteiger partial charge is 0.340 e. The number of nitrogens with one attached hydrogen (secondary N) is 1. The van der Waals surface area contributed by atoms with Gasteiger partial charge < -0.3 is 9.52 Å². The highest BCUT2D eigenvalue weighted by Gasteiger charge is 2.31. The number of hydrogen-bond acceptors (Lipinski definition) is 5. The van der Waals surface area contributed by atoms with E-state index in [4.69, 9.17) is 4.42 Å². The predicted octanol–water partition coefficient (Wildman–Crippen LogP) is 2.10. The van der Waals surface area contributed by atoms with Gasteiger partial charge in [0.05, 0.1) is 11.4 Å². The molecule has 21 heavy (non-hydrogen) atoms. The average molecular weight is 310 g/mol. The zero-order chi connectivity index (χ0) is 15.8. The Morgan fingerprint density at radius 2 is 1.95 bits per heavy atom. The molecule has 2 N–H and O–H groups in total. The molecule has 0 saturated heterocycles. The van der Waals surface area contributed by atoms with Crippen molar-refractivity contribution in [2.45, 2.75) is 25.7 Å². The van der Waals surface area contributed by atoms with E-state index < -0.39 is 16.0 Å². The number of anilines is 1. The van der Waals surface area contributed by atoms with Gasteiger partial charge in [0.2, 0.25) is 0 Å². The molecular weight excluding hydrogens is 296 g/mol. The SMILES string of the molecule is Cc1ncccc1NS(=O)(=O)c1c(C)oc(C)c1C(=O)O. The van der Waals surface area contributed by atoms with Crippen LogP contribution in [0.2, 0.25) is 0 Å². The Morgan fingerprint density at radius 1 is 1.29 bits per heavy atom. The van der Waals surface area contributed by atoms with Crippen LogP contribution in [-0.2, 0) is 10.0 Å². The number of aromatic nitrogens is 1. The zero-order valence-corrected chi connectivity index (χ0v) is 12.5. The van der Waals surface area contributed by atoms with Crippen LogP contribution in [0.5, 0.6) is 0 Å². The lowest BCUT2D eigenvalue weighted by atomic mass is 10.2. The van der Waals surface area contributed by atoms with E-state index in [2.05, 4.69) is 9.71 Å². The van der Waals surface area contributed by atoms with Crippen LogP contribution < -0.4 is 4.72 Å². The van der Waals surface area contributed by atoms with Gasteiger partial charge in [-0.1, -0.05) is 0 Å². The number of carbonyl (C=O) groups is 1. The summed E-state index contributed by atoms with van der Waals surface area (Å²) in [7, 11) is -4.09. The number of sulfonamides is 1. The van der Waals surface area contributed by atoms with Crippen LogP contribution in [0.3, 0.4) is 0 Å². The molecule has 0 aliphatic carbocycles. The lowest BCUT2D eigenvalue weighted by molar-refractivity contribution is 0.0691. The Kier molecular flexibility index (Phi) is 3.73. The first-order valence-electron chi connectivity index (χ1n) is 6.01. The minimum absolute atomic E-state index is 0.0268. The molecule has 0 spiro atoms. The summed E-state index contributed by atoms with van der Waals surface area (Å²) in [5.41, 5.74) is 0.407. The number of hydrogen-bond donors (Lipinski definition) is 2. The van der Waals surface area contributed by atoms with Crippen molar-refractivity contribution >= 4 is 21.7 Å². The third kappa shape index (κ3) is 2.75. The van der Waals surface area contributed by atoms with E-state index in [9.17, 15) is 18.3 Å². The van der Waals surface area contributed by atoms with Crippen LogP contribution in [-0.4, -0.2) is 24.5 Å². The van der Waals surface area contributed by atoms with Gasteiger partial charge in [0.1, 0.15) is 22.0 Å². The van der Waals surface area contributed by atoms with Crippen molar-refractivity contribution in [3.05, 3.63) is 41.1 Å². The Bertz CT molecular complexity index is 808. The lowest BCUT2D eigenvalue weighted by Crippen LogP contribution is -2.17. The lowest BCUT2D eigenvalue weighted by Gasteiger charge is -2.09. The van der Waals surface area contributed by atoms with Gasteiger partial charge in [0.15, 0.2) is 0 Å². The average Bonchev–Trinajstić information content (AvgIpc) is 2.67. The fraction of sp³-hybridized carbons (Fsp3) is 0.231. The number of rotatable bonds is 4. The van der Waals surface area contributed by atoms with Gasteiger partial charge in [-0.15, -0.1) is 0 Å². The second kappa shape index (κ2) is 5.21. The minimum atomic E-state index is -4.09. The highest BCUT2D eigenvalue weighted by Crippen LogP contribution is 2.28. The summed E-state index contributed by atoms with van der Waals surface area (Å²) in [5, 5.41) is 9.18. The molecule has 2 aromatic rings. The standard InChI is InChI=1S/C13H14N2O5S/c1-7-10(5-4-6-14-7)15-21(18,19)12-9(3)20-8(2)11(12)13(16)17/h4-6,15H,1-3H3,(H,16,17). The number of furan rings is 1. The number of carboxylic acid groups (broad SMARTS) is 1. The molecule has 0 unspecified atom stereocenters. The van der Waals surface area contributed by atoms with Gasteiger partial charge in [0.25, 0.3) is 10.0 Å². The third-order valence-electron chi connectivity index (χ3n) is 2.94. The van der Waals surface area contributed by atoms with Gasteiger partial charge in [-0.05, 0) is 32.9 Å².